The molecule has 0 aliphatic heterocycles. The van der Waals surface area contributed by atoms with Crippen molar-refractivity contribution in [2.45, 2.75) is 25.4 Å². The maximum Gasteiger partial charge on any atom is 0.205 e. The number of nitrogens with one attached hydrogen (secondary N) is 1. The third kappa shape index (κ3) is 1.85. The van der Waals surface area contributed by atoms with E-state index < -0.39 is 0 Å². The van der Waals surface area contributed by atoms with Crippen LogP contribution in [0.5, 0.6) is 0 Å². The van der Waals surface area contributed by atoms with Crippen LogP contribution in [0, 0.1) is 0 Å². The first-order valence-electron chi connectivity index (χ1n) is 4.94. The Labute approximate surface area is 91.2 Å². The van der Waals surface area contributed by atoms with Crippen LogP contribution in [0.2, 0.25) is 0 Å². The molecule has 3 rings (SSSR count). The molecule has 0 saturated heterocycles. The second kappa shape index (κ2) is 3.62. The SMILES string of the molecule is c1nnc(NCc2cncn2C2CC2)s1. The van der Waals surface area contributed by atoms with E-state index in [0.29, 0.717) is 6.04 Å². The summed E-state index contributed by atoms with van der Waals surface area (Å²) in [4.78, 5) is 4.17. The summed E-state index contributed by atoms with van der Waals surface area (Å²) in [5, 5.41) is 11.8. The molecule has 1 saturated carbocycles. The summed E-state index contributed by atoms with van der Waals surface area (Å²) >= 11 is 1.51. The first-order valence-corrected chi connectivity index (χ1v) is 5.82. The minimum absolute atomic E-state index is 0.679. The molecule has 1 fully saturated rings. The van der Waals surface area contributed by atoms with Gasteiger partial charge in [0.1, 0.15) is 5.51 Å². The van der Waals surface area contributed by atoms with Crippen molar-refractivity contribution in [2.75, 3.05) is 5.32 Å². The zero-order valence-corrected chi connectivity index (χ0v) is 8.94. The van der Waals surface area contributed by atoms with E-state index in [4.69, 9.17) is 0 Å². The van der Waals surface area contributed by atoms with Crippen molar-refractivity contribution in [1.29, 1.82) is 0 Å². The van der Waals surface area contributed by atoms with Gasteiger partial charge in [-0.15, -0.1) is 10.2 Å². The fourth-order valence-corrected chi connectivity index (χ4v) is 2.01. The van der Waals surface area contributed by atoms with Crippen LogP contribution < -0.4 is 5.32 Å². The largest absolute Gasteiger partial charge is 0.354 e. The Hall–Kier alpha value is -1.43. The van der Waals surface area contributed by atoms with Crippen LogP contribution in [-0.2, 0) is 6.54 Å². The number of nitrogens with zero attached hydrogens (tertiary/aromatic N) is 4. The lowest BCUT2D eigenvalue weighted by molar-refractivity contribution is 0.700. The lowest BCUT2D eigenvalue weighted by Gasteiger charge is -2.06. The van der Waals surface area contributed by atoms with E-state index in [1.165, 1.54) is 29.9 Å². The average Bonchev–Trinajstić information content (AvgIpc) is 2.81. The predicted octanol–water partition coefficient (Wildman–Crippen LogP) is 1.68. The van der Waals surface area contributed by atoms with Gasteiger partial charge in [0.15, 0.2) is 0 Å². The van der Waals surface area contributed by atoms with E-state index in [-0.39, 0.29) is 0 Å². The molecule has 0 atom stereocenters. The Morgan fingerprint density at radius 3 is 3.20 bits per heavy atom. The number of anilines is 1. The third-order valence-corrected chi connectivity index (χ3v) is 3.12. The highest BCUT2D eigenvalue weighted by Crippen LogP contribution is 2.35. The summed E-state index contributed by atoms with van der Waals surface area (Å²) < 4.78 is 2.24. The Balaban J connectivity index is 1.68. The fraction of sp³-hybridized carbons (Fsp3) is 0.444. The molecule has 1 aliphatic carbocycles. The van der Waals surface area contributed by atoms with E-state index in [9.17, 15) is 0 Å². The van der Waals surface area contributed by atoms with Gasteiger partial charge in [-0.2, -0.15) is 0 Å². The van der Waals surface area contributed by atoms with Crippen molar-refractivity contribution in [1.82, 2.24) is 19.7 Å². The van der Waals surface area contributed by atoms with E-state index in [1.807, 2.05) is 12.5 Å². The second-order valence-corrected chi connectivity index (χ2v) is 4.45. The number of aromatic nitrogens is 4. The van der Waals surface area contributed by atoms with Gasteiger partial charge in [0, 0.05) is 12.2 Å². The van der Waals surface area contributed by atoms with Gasteiger partial charge >= 0.3 is 0 Å². The molecule has 0 amide bonds. The predicted molar refractivity (Wildman–Crippen MR) is 57.7 cm³/mol. The van der Waals surface area contributed by atoms with Crippen LogP contribution in [-0.4, -0.2) is 19.7 Å². The highest BCUT2D eigenvalue weighted by Gasteiger charge is 2.24. The van der Waals surface area contributed by atoms with E-state index in [1.54, 1.807) is 5.51 Å². The Morgan fingerprint density at radius 1 is 1.53 bits per heavy atom. The molecular formula is C9H11N5S. The topological polar surface area (TPSA) is 55.6 Å². The first kappa shape index (κ1) is 8.84. The van der Waals surface area contributed by atoms with E-state index in [2.05, 4.69) is 25.1 Å². The van der Waals surface area contributed by atoms with Crippen LogP contribution in [0.25, 0.3) is 0 Å². The van der Waals surface area contributed by atoms with Gasteiger partial charge in [0.05, 0.1) is 18.6 Å². The summed E-state index contributed by atoms with van der Waals surface area (Å²) in [5.41, 5.74) is 2.94. The maximum atomic E-state index is 4.17. The van der Waals surface area contributed by atoms with Crippen molar-refractivity contribution in [3.8, 4) is 0 Å². The highest BCUT2D eigenvalue weighted by molar-refractivity contribution is 7.13. The molecule has 0 spiro atoms. The zero-order chi connectivity index (χ0) is 10.1. The lowest BCUT2D eigenvalue weighted by atomic mass is 10.4. The van der Waals surface area contributed by atoms with Crippen molar-refractivity contribution in [2.24, 2.45) is 0 Å². The van der Waals surface area contributed by atoms with Crippen LogP contribution in [0.3, 0.4) is 0 Å². The summed E-state index contributed by atoms with van der Waals surface area (Å²) in [6.45, 7) is 0.770. The Bertz CT molecular complexity index is 431. The average molecular weight is 221 g/mol. The highest BCUT2D eigenvalue weighted by atomic mass is 32.1. The first-order chi connectivity index (χ1) is 7.43. The molecule has 2 heterocycles. The molecule has 2 aromatic rings. The van der Waals surface area contributed by atoms with Gasteiger partial charge in [0.25, 0.3) is 0 Å². The molecule has 1 N–H and O–H groups in total. The molecule has 2 aromatic heterocycles. The van der Waals surface area contributed by atoms with E-state index >= 15 is 0 Å². The third-order valence-electron chi connectivity index (χ3n) is 2.47. The summed E-state index contributed by atoms with van der Waals surface area (Å²) in [6.07, 6.45) is 6.38. The molecule has 1 aliphatic rings. The Morgan fingerprint density at radius 2 is 2.47 bits per heavy atom. The number of rotatable bonds is 4. The van der Waals surface area contributed by atoms with Crippen LogP contribution in [0.4, 0.5) is 5.13 Å². The monoisotopic (exact) mass is 221 g/mol. The van der Waals surface area contributed by atoms with Crippen LogP contribution in [0.1, 0.15) is 24.6 Å². The van der Waals surface area contributed by atoms with Crippen molar-refractivity contribution >= 4 is 16.5 Å². The standard InChI is InChI=1S/C9H11N5S/c1-2-7(1)14-5-10-3-8(14)4-11-9-13-12-6-15-9/h3,5-7H,1-2,4H2,(H,11,13). The number of hydrogen-bond donors (Lipinski definition) is 1. The molecule has 15 heavy (non-hydrogen) atoms. The van der Waals surface area contributed by atoms with Gasteiger partial charge in [0.2, 0.25) is 5.13 Å². The maximum absolute atomic E-state index is 4.17. The van der Waals surface area contributed by atoms with E-state index in [0.717, 1.165) is 11.7 Å². The fourth-order valence-electron chi connectivity index (χ4n) is 1.57. The van der Waals surface area contributed by atoms with Crippen molar-refractivity contribution < 1.29 is 0 Å². The molecule has 0 unspecified atom stereocenters. The molecule has 78 valence electrons. The summed E-state index contributed by atoms with van der Waals surface area (Å²) in [6, 6.07) is 0.679. The van der Waals surface area contributed by atoms with Crippen LogP contribution in [0.15, 0.2) is 18.0 Å². The van der Waals surface area contributed by atoms with Crippen molar-refractivity contribution in [3.63, 3.8) is 0 Å². The second-order valence-electron chi connectivity index (χ2n) is 3.62. The number of hydrogen-bond acceptors (Lipinski definition) is 5. The van der Waals surface area contributed by atoms with Gasteiger partial charge in [-0.25, -0.2) is 4.98 Å². The van der Waals surface area contributed by atoms with Gasteiger partial charge in [-0.1, -0.05) is 11.3 Å². The summed E-state index contributed by atoms with van der Waals surface area (Å²) in [5.74, 6) is 0. The van der Waals surface area contributed by atoms with Gasteiger partial charge in [-0.3, -0.25) is 0 Å². The smallest absolute Gasteiger partial charge is 0.205 e. The van der Waals surface area contributed by atoms with Gasteiger partial charge < -0.3 is 9.88 Å². The lowest BCUT2D eigenvalue weighted by Crippen LogP contribution is -2.05. The molecular weight excluding hydrogens is 210 g/mol. The molecule has 0 bridgehead atoms. The molecule has 6 heteroatoms. The molecule has 0 aromatic carbocycles. The van der Waals surface area contributed by atoms with Crippen LogP contribution >= 0.6 is 11.3 Å². The zero-order valence-electron chi connectivity index (χ0n) is 8.13. The Kier molecular flexibility index (Phi) is 2.13. The summed E-state index contributed by atoms with van der Waals surface area (Å²) in [7, 11) is 0. The molecule has 0 radical (unpaired) electrons. The van der Waals surface area contributed by atoms with Crippen molar-refractivity contribution in [3.05, 3.63) is 23.7 Å². The minimum atomic E-state index is 0.679. The number of imidazole rings is 1. The van der Waals surface area contributed by atoms with Gasteiger partial charge in [-0.05, 0) is 12.8 Å². The molecule has 5 nitrogen and oxygen atoms in total. The normalized spacial score (nSPS) is 15.5. The quantitative estimate of drug-likeness (QED) is 0.853. The minimum Gasteiger partial charge on any atom is -0.354 e.